The summed E-state index contributed by atoms with van der Waals surface area (Å²) in [6, 6.07) is 7.04. The fourth-order valence-electron chi connectivity index (χ4n) is 3.58. The van der Waals surface area contributed by atoms with E-state index in [0.717, 1.165) is 12.8 Å². The summed E-state index contributed by atoms with van der Waals surface area (Å²) in [6.45, 7) is 3.71. The van der Waals surface area contributed by atoms with E-state index in [0.29, 0.717) is 22.7 Å². The zero-order chi connectivity index (χ0) is 19.4. The van der Waals surface area contributed by atoms with Crippen molar-refractivity contribution in [3.63, 3.8) is 0 Å². The average Bonchev–Trinajstić information content (AvgIpc) is 2.66. The van der Waals surface area contributed by atoms with Crippen molar-refractivity contribution in [3.8, 4) is 0 Å². The first-order valence-corrected chi connectivity index (χ1v) is 9.35. The van der Waals surface area contributed by atoms with Gasteiger partial charge in [0.15, 0.2) is 6.61 Å². The quantitative estimate of drug-likeness (QED) is 0.811. The molecule has 0 saturated heterocycles. The Morgan fingerprint density at radius 3 is 2.85 bits per heavy atom. The molecule has 7 heteroatoms. The van der Waals surface area contributed by atoms with E-state index < -0.39 is 5.97 Å². The summed E-state index contributed by atoms with van der Waals surface area (Å²) in [4.78, 5) is 40.6. The molecule has 2 aromatic rings. The van der Waals surface area contributed by atoms with Gasteiger partial charge < -0.3 is 10.1 Å². The molecule has 1 aromatic carbocycles. The third-order valence-corrected chi connectivity index (χ3v) is 5.45. The number of carbonyl (C=O) groups excluding carboxylic acids is 2. The van der Waals surface area contributed by atoms with Crippen molar-refractivity contribution < 1.29 is 14.3 Å². The van der Waals surface area contributed by atoms with Gasteiger partial charge in [0, 0.05) is 6.04 Å². The van der Waals surface area contributed by atoms with Crippen LogP contribution in [0.3, 0.4) is 0 Å². The van der Waals surface area contributed by atoms with Crippen molar-refractivity contribution >= 4 is 22.8 Å². The van der Waals surface area contributed by atoms with E-state index in [1.54, 1.807) is 24.3 Å². The smallest absolute Gasteiger partial charge is 0.326 e. The third kappa shape index (κ3) is 4.53. The molecule has 144 valence electrons. The van der Waals surface area contributed by atoms with Crippen LogP contribution in [0.1, 0.15) is 33.1 Å². The van der Waals surface area contributed by atoms with Crippen LogP contribution in [0, 0.1) is 11.8 Å². The summed E-state index contributed by atoms with van der Waals surface area (Å²) in [5.74, 6) is 0.0206. The maximum atomic E-state index is 12.4. The normalized spacial score (nSPS) is 22.4. The van der Waals surface area contributed by atoms with Gasteiger partial charge in [0.25, 0.3) is 11.5 Å². The largest absolute Gasteiger partial charge is 0.454 e. The predicted octanol–water partition coefficient (Wildman–Crippen LogP) is 1.88. The standard InChI is InChI=1S/C20H25N3O4/c1-13-6-5-9-16(14(13)2)22-18(24)11-27-19(25)10-23-12-21-17-8-4-3-7-15(17)20(23)26/h3-4,7-8,12-14,16H,5-6,9-11H2,1-2H3,(H,22,24)/t13-,14+,16-/m0/s1. The number of esters is 1. The number of fused-ring (bicyclic) bond motifs is 1. The lowest BCUT2D eigenvalue weighted by Gasteiger charge is -2.34. The fourth-order valence-corrected chi connectivity index (χ4v) is 3.58. The van der Waals surface area contributed by atoms with E-state index in [1.807, 2.05) is 0 Å². The Labute approximate surface area is 157 Å². The maximum Gasteiger partial charge on any atom is 0.326 e. The van der Waals surface area contributed by atoms with Crippen LogP contribution < -0.4 is 10.9 Å². The molecule has 3 rings (SSSR count). The zero-order valence-electron chi connectivity index (χ0n) is 15.7. The number of carbonyl (C=O) groups is 2. The van der Waals surface area contributed by atoms with Gasteiger partial charge >= 0.3 is 5.97 Å². The number of nitrogens with one attached hydrogen (secondary N) is 1. The molecular weight excluding hydrogens is 346 g/mol. The van der Waals surface area contributed by atoms with Gasteiger partial charge in [-0.2, -0.15) is 0 Å². The van der Waals surface area contributed by atoms with Crippen LogP contribution in [0.5, 0.6) is 0 Å². The lowest BCUT2D eigenvalue weighted by atomic mass is 9.78. The highest BCUT2D eigenvalue weighted by Crippen LogP contribution is 2.29. The van der Waals surface area contributed by atoms with Crippen LogP contribution in [0.4, 0.5) is 0 Å². The van der Waals surface area contributed by atoms with Gasteiger partial charge in [0.2, 0.25) is 0 Å². The van der Waals surface area contributed by atoms with Crippen molar-refractivity contribution in [2.75, 3.05) is 6.61 Å². The van der Waals surface area contributed by atoms with Crippen molar-refractivity contribution in [3.05, 3.63) is 40.9 Å². The van der Waals surface area contributed by atoms with Crippen LogP contribution in [0.15, 0.2) is 35.4 Å². The summed E-state index contributed by atoms with van der Waals surface area (Å²) in [5, 5.41) is 3.39. The van der Waals surface area contributed by atoms with E-state index in [9.17, 15) is 14.4 Å². The molecule has 1 N–H and O–H groups in total. The Morgan fingerprint density at radius 1 is 1.26 bits per heavy atom. The minimum absolute atomic E-state index is 0.118. The average molecular weight is 371 g/mol. The van der Waals surface area contributed by atoms with Crippen LogP contribution in [-0.4, -0.2) is 34.1 Å². The Hall–Kier alpha value is -2.70. The Morgan fingerprint density at radius 2 is 2.04 bits per heavy atom. The minimum Gasteiger partial charge on any atom is -0.454 e. The number of rotatable bonds is 5. The first kappa shape index (κ1) is 19.1. The second kappa shape index (κ2) is 8.33. The van der Waals surface area contributed by atoms with Gasteiger partial charge in [-0.15, -0.1) is 0 Å². The van der Waals surface area contributed by atoms with Crippen molar-refractivity contribution in [1.29, 1.82) is 0 Å². The van der Waals surface area contributed by atoms with Gasteiger partial charge in [-0.25, -0.2) is 4.98 Å². The molecule has 1 fully saturated rings. The summed E-state index contributed by atoms with van der Waals surface area (Å²) >= 11 is 0. The Kier molecular flexibility index (Phi) is 5.88. The van der Waals surface area contributed by atoms with E-state index in [1.165, 1.54) is 17.3 Å². The molecule has 1 aliphatic carbocycles. The molecule has 1 aromatic heterocycles. The number of amides is 1. The SMILES string of the molecule is C[C@H]1[C@@H](NC(=O)COC(=O)Cn2cnc3ccccc3c2=O)CCC[C@@H]1C. The molecule has 0 bridgehead atoms. The summed E-state index contributed by atoms with van der Waals surface area (Å²) in [6.07, 6.45) is 4.53. The van der Waals surface area contributed by atoms with Gasteiger partial charge in [-0.05, 0) is 30.4 Å². The van der Waals surface area contributed by atoms with E-state index in [-0.39, 0.29) is 30.7 Å². The summed E-state index contributed by atoms with van der Waals surface area (Å²) in [7, 11) is 0. The number of aromatic nitrogens is 2. The van der Waals surface area contributed by atoms with Crippen LogP contribution >= 0.6 is 0 Å². The number of hydrogen-bond acceptors (Lipinski definition) is 5. The topological polar surface area (TPSA) is 90.3 Å². The predicted molar refractivity (Wildman–Crippen MR) is 101 cm³/mol. The van der Waals surface area contributed by atoms with Gasteiger partial charge in [0.1, 0.15) is 6.54 Å². The molecule has 1 heterocycles. The highest BCUT2D eigenvalue weighted by atomic mass is 16.5. The lowest BCUT2D eigenvalue weighted by molar-refractivity contribution is -0.149. The second-order valence-corrected chi connectivity index (χ2v) is 7.30. The molecule has 1 amide bonds. The molecule has 1 aliphatic rings. The molecular formula is C20H25N3O4. The summed E-state index contributed by atoms with van der Waals surface area (Å²) < 4.78 is 6.23. The highest BCUT2D eigenvalue weighted by molar-refractivity contribution is 5.81. The molecule has 0 spiro atoms. The zero-order valence-corrected chi connectivity index (χ0v) is 15.7. The van der Waals surface area contributed by atoms with Crippen LogP contribution in [0.25, 0.3) is 10.9 Å². The second-order valence-electron chi connectivity index (χ2n) is 7.30. The van der Waals surface area contributed by atoms with Crippen molar-refractivity contribution in [2.45, 2.75) is 45.7 Å². The van der Waals surface area contributed by atoms with Crippen LogP contribution in [-0.2, 0) is 20.9 Å². The number of ether oxygens (including phenoxy) is 1. The molecule has 3 atom stereocenters. The van der Waals surface area contributed by atoms with E-state index in [4.69, 9.17) is 4.74 Å². The number of benzene rings is 1. The first-order valence-electron chi connectivity index (χ1n) is 9.35. The number of para-hydroxylation sites is 1. The lowest BCUT2D eigenvalue weighted by Crippen LogP contribution is -2.45. The van der Waals surface area contributed by atoms with Crippen molar-refractivity contribution in [2.24, 2.45) is 11.8 Å². The van der Waals surface area contributed by atoms with Gasteiger partial charge in [-0.3, -0.25) is 19.0 Å². The van der Waals surface area contributed by atoms with E-state index >= 15 is 0 Å². The Bertz CT molecular complexity index is 892. The minimum atomic E-state index is -0.644. The summed E-state index contributed by atoms with van der Waals surface area (Å²) in [5.41, 5.74) is 0.259. The van der Waals surface area contributed by atoms with Gasteiger partial charge in [0.05, 0.1) is 17.2 Å². The van der Waals surface area contributed by atoms with Crippen LogP contribution in [0.2, 0.25) is 0 Å². The van der Waals surface area contributed by atoms with E-state index in [2.05, 4.69) is 24.1 Å². The van der Waals surface area contributed by atoms with Gasteiger partial charge in [-0.1, -0.05) is 38.8 Å². The molecule has 27 heavy (non-hydrogen) atoms. The molecule has 7 nitrogen and oxygen atoms in total. The first-order chi connectivity index (χ1) is 13.0. The number of hydrogen-bond donors (Lipinski definition) is 1. The van der Waals surface area contributed by atoms with Crippen molar-refractivity contribution in [1.82, 2.24) is 14.9 Å². The highest BCUT2D eigenvalue weighted by Gasteiger charge is 2.28. The molecule has 1 saturated carbocycles. The molecule has 0 unspecified atom stereocenters. The fraction of sp³-hybridized carbons (Fsp3) is 0.500. The maximum absolute atomic E-state index is 12.4. The molecule has 0 radical (unpaired) electrons. The molecule has 0 aliphatic heterocycles. The third-order valence-electron chi connectivity index (χ3n) is 5.45. The Balaban J connectivity index is 1.53. The monoisotopic (exact) mass is 371 g/mol. The number of nitrogens with zero attached hydrogens (tertiary/aromatic N) is 2.